The average Bonchev–Trinajstić information content (AvgIpc) is 3.50. The third kappa shape index (κ3) is 6.72. The number of nitrogens with one attached hydrogen (secondary N) is 2. The van der Waals surface area contributed by atoms with Crippen molar-refractivity contribution in [2.45, 2.75) is 6.61 Å². The maximum atomic E-state index is 14.1. The summed E-state index contributed by atoms with van der Waals surface area (Å²) in [7, 11) is 0. The predicted octanol–water partition coefficient (Wildman–Crippen LogP) is 8.84. The topological polar surface area (TPSA) is 75.6 Å². The Morgan fingerprint density at radius 2 is 1.70 bits per heavy atom. The number of rotatable bonds is 9. The molecule has 6 aromatic rings. The maximum absolute atomic E-state index is 14.1. The van der Waals surface area contributed by atoms with Crippen LogP contribution in [0.15, 0.2) is 120 Å². The predicted molar refractivity (Wildman–Crippen MR) is 172 cm³/mol. The average molecular weight is 607 g/mol. The van der Waals surface area contributed by atoms with Crippen LogP contribution in [0.3, 0.4) is 0 Å². The molecule has 212 valence electrons. The number of hydrazone groups is 1. The fraction of sp³-hybridized carbons (Fsp3) is 0.0294. The Balaban J connectivity index is 1.14. The number of amides is 1. The molecule has 1 heterocycles. The van der Waals surface area contributed by atoms with Crippen LogP contribution in [0.4, 0.5) is 15.2 Å². The maximum Gasteiger partial charge on any atom is 0.271 e. The van der Waals surface area contributed by atoms with E-state index in [0.717, 1.165) is 32.8 Å². The summed E-state index contributed by atoms with van der Waals surface area (Å²) in [6.07, 6.45) is 1.55. The number of nitrogens with zero attached hydrogens (tertiary/aromatic N) is 2. The number of carbonyl (C=O) groups is 1. The molecule has 0 saturated carbocycles. The summed E-state index contributed by atoms with van der Waals surface area (Å²) in [4.78, 5) is 17.5. The number of aromatic nitrogens is 1. The Bertz CT molecular complexity index is 1920. The van der Waals surface area contributed by atoms with Gasteiger partial charge in [-0.15, -0.1) is 11.3 Å². The fourth-order valence-electron chi connectivity index (χ4n) is 4.44. The zero-order valence-corrected chi connectivity index (χ0v) is 24.2. The van der Waals surface area contributed by atoms with Crippen molar-refractivity contribution in [1.82, 2.24) is 10.4 Å². The molecule has 1 amide bonds. The van der Waals surface area contributed by atoms with Gasteiger partial charge in [0.1, 0.15) is 18.2 Å². The first kappa shape index (κ1) is 28.1. The van der Waals surface area contributed by atoms with Gasteiger partial charge < -0.3 is 10.1 Å². The van der Waals surface area contributed by atoms with E-state index < -0.39 is 0 Å². The van der Waals surface area contributed by atoms with E-state index in [1.54, 1.807) is 36.5 Å². The third-order valence-electron chi connectivity index (χ3n) is 6.67. The van der Waals surface area contributed by atoms with Gasteiger partial charge in [-0.05, 0) is 59.3 Å². The van der Waals surface area contributed by atoms with Crippen molar-refractivity contribution in [3.8, 4) is 17.0 Å². The minimum atomic E-state index is -0.361. The quantitative estimate of drug-likeness (QED) is 0.127. The number of carbonyl (C=O) groups excluding carboxylic acids is 1. The van der Waals surface area contributed by atoms with Crippen LogP contribution < -0.4 is 15.5 Å². The summed E-state index contributed by atoms with van der Waals surface area (Å²) in [5.41, 5.74) is 6.74. The standard InChI is InChI=1S/C34H24ClFN4O2S/c35-26-14-16-27(17-15-26)38-34-39-31(21-43-34)23-9-11-24(12-10-23)33(41)40-37-19-29-28-7-3-1-5-22(28)13-18-32(29)42-20-25-6-2-4-8-30(25)36/h1-19,21H,20H2,(H,38,39)(H,40,41)/b37-19-. The van der Waals surface area contributed by atoms with Crippen molar-refractivity contribution < 1.29 is 13.9 Å². The van der Waals surface area contributed by atoms with Crippen LogP contribution >= 0.6 is 22.9 Å². The molecule has 0 atom stereocenters. The molecule has 0 radical (unpaired) electrons. The molecule has 1 aromatic heterocycles. The van der Waals surface area contributed by atoms with Crippen molar-refractivity contribution in [2.75, 3.05) is 5.32 Å². The van der Waals surface area contributed by atoms with Gasteiger partial charge in [-0.25, -0.2) is 14.8 Å². The van der Waals surface area contributed by atoms with Gasteiger partial charge in [-0.3, -0.25) is 4.79 Å². The number of fused-ring (bicyclic) bond motifs is 1. The second-order valence-corrected chi connectivity index (χ2v) is 10.8. The molecular weight excluding hydrogens is 583 g/mol. The van der Waals surface area contributed by atoms with Crippen LogP contribution in [-0.2, 0) is 6.61 Å². The molecule has 0 unspecified atom stereocenters. The first-order valence-corrected chi connectivity index (χ1v) is 14.6. The summed E-state index contributed by atoms with van der Waals surface area (Å²) in [6, 6.07) is 32.6. The van der Waals surface area contributed by atoms with Gasteiger partial charge in [0, 0.05) is 38.3 Å². The van der Waals surface area contributed by atoms with Gasteiger partial charge in [0.25, 0.3) is 5.91 Å². The van der Waals surface area contributed by atoms with E-state index in [9.17, 15) is 9.18 Å². The van der Waals surface area contributed by atoms with Gasteiger partial charge in [0.2, 0.25) is 0 Å². The SMILES string of the molecule is O=C(N/N=C\c1c(OCc2ccccc2F)ccc2ccccc12)c1ccc(-c2csc(Nc3ccc(Cl)cc3)n2)cc1. The summed E-state index contributed by atoms with van der Waals surface area (Å²) < 4.78 is 20.1. The van der Waals surface area contributed by atoms with Crippen LogP contribution in [0, 0.1) is 5.82 Å². The van der Waals surface area contributed by atoms with Gasteiger partial charge in [-0.2, -0.15) is 5.10 Å². The van der Waals surface area contributed by atoms with Crippen LogP contribution in [0.1, 0.15) is 21.5 Å². The lowest BCUT2D eigenvalue weighted by atomic mass is 10.0. The number of hydrogen-bond donors (Lipinski definition) is 2. The second-order valence-electron chi connectivity index (χ2n) is 9.52. The normalized spacial score (nSPS) is 11.1. The number of halogens is 2. The van der Waals surface area contributed by atoms with Gasteiger partial charge in [-0.1, -0.05) is 72.3 Å². The lowest BCUT2D eigenvalue weighted by Gasteiger charge is -2.12. The van der Waals surface area contributed by atoms with Crippen molar-refractivity contribution in [1.29, 1.82) is 0 Å². The van der Waals surface area contributed by atoms with E-state index in [1.165, 1.54) is 17.4 Å². The largest absolute Gasteiger partial charge is 0.488 e. The monoisotopic (exact) mass is 606 g/mol. The van der Waals surface area contributed by atoms with Crippen molar-refractivity contribution in [2.24, 2.45) is 5.10 Å². The highest BCUT2D eigenvalue weighted by Crippen LogP contribution is 2.29. The molecule has 5 aromatic carbocycles. The molecule has 0 aliphatic carbocycles. The van der Waals surface area contributed by atoms with Gasteiger partial charge in [0.05, 0.1) is 11.9 Å². The number of benzene rings is 5. The number of anilines is 2. The zero-order valence-electron chi connectivity index (χ0n) is 22.6. The van der Waals surface area contributed by atoms with Gasteiger partial charge >= 0.3 is 0 Å². The Labute approximate surface area is 256 Å². The summed E-state index contributed by atoms with van der Waals surface area (Å²) in [6.45, 7) is 0.0578. The highest BCUT2D eigenvalue weighted by Gasteiger charge is 2.11. The fourth-order valence-corrected chi connectivity index (χ4v) is 5.30. The molecule has 0 fully saturated rings. The van der Waals surface area contributed by atoms with E-state index in [-0.39, 0.29) is 18.3 Å². The summed E-state index contributed by atoms with van der Waals surface area (Å²) in [5, 5.41) is 12.7. The minimum Gasteiger partial charge on any atom is -0.488 e. The van der Waals surface area contributed by atoms with Crippen LogP contribution in [0.5, 0.6) is 5.75 Å². The third-order valence-corrected chi connectivity index (χ3v) is 7.68. The lowest BCUT2D eigenvalue weighted by Crippen LogP contribution is -2.17. The molecule has 6 rings (SSSR count). The Morgan fingerprint density at radius 1 is 0.930 bits per heavy atom. The molecule has 9 heteroatoms. The lowest BCUT2D eigenvalue weighted by molar-refractivity contribution is 0.0955. The molecule has 2 N–H and O–H groups in total. The molecule has 0 spiro atoms. The van der Waals surface area contributed by atoms with Crippen LogP contribution in [0.2, 0.25) is 5.02 Å². The minimum absolute atomic E-state index is 0.0578. The second kappa shape index (κ2) is 12.9. The smallest absolute Gasteiger partial charge is 0.271 e. The van der Waals surface area contributed by atoms with Gasteiger partial charge in [0.15, 0.2) is 5.13 Å². The molecule has 0 bridgehead atoms. The summed E-state index contributed by atoms with van der Waals surface area (Å²) in [5.74, 6) is -0.167. The molecule has 0 saturated heterocycles. The van der Waals surface area contributed by atoms with E-state index in [4.69, 9.17) is 16.3 Å². The number of hydrogen-bond acceptors (Lipinski definition) is 6. The van der Waals surface area contributed by atoms with E-state index in [1.807, 2.05) is 78.2 Å². The molecular formula is C34H24ClFN4O2S. The van der Waals surface area contributed by atoms with Crippen molar-refractivity contribution in [3.05, 3.63) is 142 Å². The highest BCUT2D eigenvalue weighted by molar-refractivity contribution is 7.14. The Kier molecular flexibility index (Phi) is 8.40. The van der Waals surface area contributed by atoms with E-state index in [0.29, 0.717) is 27.5 Å². The van der Waals surface area contributed by atoms with E-state index >= 15 is 0 Å². The van der Waals surface area contributed by atoms with Crippen LogP contribution in [0.25, 0.3) is 22.0 Å². The zero-order chi connectivity index (χ0) is 29.6. The summed E-state index contributed by atoms with van der Waals surface area (Å²) >= 11 is 7.45. The van der Waals surface area contributed by atoms with Crippen LogP contribution in [-0.4, -0.2) is 17.1 Å². The van der Waals surface area contributed by atoms with Crippen molar-refractivity contribution >= 4 is 56.7 Å². The Morgan fingerprint density at radius 3 is 2.51 bits per heavy atom. The molecule has 6 nitrogen and oxygen atoms in total. The van der Waals surface area contributed by atoms with Crippen molar-refractivity contribution in [3.63, 3.8) is 0 Å². The Hall–Kier alpha value is -5.05. The number of thiazole rings is 1. The molecule has 0 aliphatic heterocycles. The molecule has 43 heavy (non-hydrogen) atoms. The highest BCUT2D eigenvalue weighted by atomic mass is 35.5. The number of ether oxygens (including phenoxy) is 1. The van der Waals surface area contributed by atoms with E-state index in [2.05, 4.69) is 20.8 Å². The first-order valence-electron chi connectivity index (χ1n) is 13.3. The molecule has 0 aliphatic rings. The first-order chi connectivity index (χ1) is 21.0.